The fourth-order valence-electron chi connectivity index (χ4n) is 3.14. The Labute approximate surface area is 77.8 Å². The van der Waals surface area contributed by atoms with Gasteiger partial charge in [-0.25, -0.2) is 0 Å². The highest BCUT2D eigenvalue weighted by Crippen LogP contribution is 2.63. The quantitative estimate of drug-likeness (QED) is 0.645. The van der Waals surface area contributed by atoms with Gasteiger partial charge in [0.2, 0.25) is 0 Å². The van der Waals surface area contributed by atoms with Crippen molar-refractivity contribution in [3.8, 4) is 0 Å². The van der Waals surface area contributed by atoms with Gasteiger partial charge in [0.05, 0.1) is 11.5 Å². The largest absolute Gasteiger partial charge is 0.481 e. The maximum absolute atomic E-state index is 10.8. The van der Waals surface area contributed by atoms with E-state index in [4.69, 9.17) is 5.11 Å². The minimum absolute atomic E-state index is 0.000000000000000222. The lowest BCUT2D eigenvalue weighted by atomic mass is 9.52. The van der Waals surface area contributed by atoms with Crippen molar-refractivity contribution in [2.45, 2.75) is 38.7 Å². The topological polar surface area (TPSA) is 57.5 Å². The van der Waals surface area contributed by atoms with Crippen LogP contribution in [0.5, 0.6) is 0 Å². The molecule has 2 saturated carbocycles. The van der Waals surface area contributed by atoms with E-state index in [1.807, 2.05) is 13.8 Å². The molecule has 74 valence electrons. The highest BCUT2D eigenvalue weighted by atomic mass is 16.4. The molecule has 3 atom stereocenters. The molecule has 0 aromatic heterocycles. The predicted octanol–water partition coefficient (Wildman–Crippen LogP) is 1.26. The molecule has 0 unspecified atom stereocenters. The van der Waals surface area contributed by atoms with Crippen molar-refractivity contribution in [2.75, 3.05) is 0 Å². The molecule has 0 amide bonds. The summed E-state index contributed by atoms with van der Waals surface area (Å²) in [5.74, 6) is -1.05. The van der Waals surface area contributed by atoms with Crippen molar-refractivity contribution >= 4 is 5.97 Å². The zero-order valence-electron chi connectivity index (χ0n) is 8.08. The Morgan fingerprint density at radius 3 is 2.46 bits per heavy atom. The van der Waals surface area contributed by atoms with Crippen LogP contribution in [0.2, 0.25) is 0 Å². The van der Waals surface area contributed by atoms with E-state index in [2.05, 4.69) is 0 Å². The lowest BCUT2D eigenvalue weighted by Crippen LogP contribution is -2.60. The first kappa shape index (κ1) is 9.00. The first-order valence-corrected chi connectivity index (χ1v) is 4.84. The van der Waals surface area contributed by atoms with Gasteiger partial charge in [-0.1, -0.05) is 13.8 Å². The van der Waals surface area contributed by atoms with Crippen molar-refractivity contribution in [2.24, 2.45) is 17.3 Å². The van der Waals surface area contributed by atoms with E-state index < -0.39 is 11.6 Å². The molecular formula is C10H16O3. The summed E-state index contributed by atoms with van der Waals surface area (Å²) < 4.78 is 0. The number of carboxylic acids is 1. The van der Waals surface area contributed by atoms with Crippen molar-refractivity contribution in [3.05, 3.63) is 0 Å². The van der Waals surface area contributed by atoms with E-state index in [1.54, 1.807) is 0 Å². The van der Waals surface area contributed by atoms with Crippen molar-refractivity contribution in [1.29, 1.82) is 0 Å². The van der Waals surface area contributed by atoms with E-state index in [0.717, 1.165) is 6.42 Å². The minimum Gasteiger partial charge on any atom is -0.481 e. The van der Waals surface area contributed by atoms with Gasteiger partial charge in [0.15, 0.2) is 0 Å². The molecule has 13 heavy (non-hydrogen) atoms. The molecule has 0 heterocycles. The normalized spacial score (nSPS) is 46.7. The van der Waals surface area contributed by atoms with Crippen molar-refractivity contribution in [3.63, 3.8) is 0 Å². The lowest BCUT2D eigenvalue weighted by molar-refractivity contribution is -0.196. The van der Waals surface area contributed by atoms with Crippen LogP contribution in [0.15, 0.2) is 0 Å². The monoisotopic (exact) mass is 184 g/mol. The molecule has 0 radical (unpaired) electrons. The zero-order chi connectivity index (χ0) is 9.85. The summed E-state index contributed by atoms with van der Waals surface area (Å²) in [6, 6.07) is 0. The Kier molecular flexibility index (Phi) is 1.57. The van der Waals surface area contributed by atoms with Gasteiger partial charge < -0.3 is 10.2 Å². The average molecular weight is 184 g/mol. The Morgan fingerprint density at radius 1 is 1.46 bits per heavy atom. The van der Waals surface area contributed by atoms with Crippen LogP contribution >= 0.6 is 0 Å². The summed E-state index contributed by atoms with van der Waals surface area (Å²) >= 11 is 0. The molecule has 2 N–H and O–H groups in total. The van der Waals surface area contributed by atoms with Gasteiger partial charge in [-0.05, 0) is 24.7 Å². The summed E-state index contributed by atoms with van der Waals surface area (Å²) in [6.07, 6.45) is 2.14. The summed E-state index contributed by atoms with van der Waals surface area (Å²) in [5, 5.41) is 19.1. The number of aliphatic carboxylic acids is 1. The van der Waals surface area contributed by atoms with Gasteiger partial charge in [-0.2, -0.15) is 0 Å². The van der Waals surface area contributed by atoms with Gasteiger partial charge >= 0.3 is 5.97 Å². The van der Waals surface area contributed by atoms with E-state index in [-0.39, 0.29) is 17.3 Å². The smallest absolute Gasteiger partial charge is 0.306 e. The number of fused-ring (bicyclic) bond motifs is 1. The van der Waals surface area contributed by atoms with Gasteiger partial charge in [0, 0.05) is 5.92 Å². The van der Waals surface area contributed by atoms with Crippen molar-refractivity contribution < 1.29 is 15.0 Å². The standard InChI is InChI=1S/C10H16O3/c1-9(2)5-7-6(8(11)12)3-4-10(7,9)13/h6-7,13H,3-5H2,1-2H3,(H,11,12)/t6-,7+,10+/m1/s1. The summed E-state index contributed by atoms with van der Waals surface area (Å²) in [7, 11) is 0. The van der Waals surface area contributed by atoms with Crippen molar-refractivity contribution in [1.82, 2.24) is 0 Å². The number of carbonyl (C=O) groups is 1. The fraction of sp³-hybridized carbons (Fsp3) is 0.900. The van der Waals surface area contributed by atoms with E-state index in [0.29, 0.717) is 12.8 Å². The van der Waals surface area contributed by atoms with E-state index in [1.165, 1.54) is 0 Å². The molecule has 0 spiro atoms. The molecule has 3 nitrogen and oxygen atoms in total. The van der Waals surface area contributed by atoms with Crippen LogP contribution in [0, 0.1) is 17.3 Å². The number of aliphatic hydroxyl groups is 1. The van der Waals surface area contributed by atoms with Crippen LogP contribution < -0.4 is 0 Å². The van der Waals surface area contributed by atoms with Gasteiger partial charge in [-0.15, -0.1) is 0 Å². The van der Waals surface area contributed by atoms with Gasteiger partial charge in [0.1, 0.15) is 0 Å². The SMILES string of the molecule is CC1(C)C[C@H]2[C@H](C(=O)O)CC[C@]21O. The second kappa shape index (κ2) is 2.27. The third-order valence-corrected chi connectivity index (χ3v) is 4.15. The van der Waals surface area contributed by atoms with E-state index in [9.17, 15) is 9.90 Å². The fourth-order valence-corrected chi connectivity index (χ4v) is 3.14. The number of carboxylic acid groups (broad SMARTS) is 1. The molecule has 0 aromatic carbocycles. The summed E-state index contributed by atoms with van der Waals surface area (Å²) in [4.78, 5) is 10.8. The maximum Gasteiger partial charge on any atom is 0.306 e. The van der Waals surface area contributed by atoms with Crippen LogP contribution in [0.25, 0.3) is 0 Å². The minimum atomic E-state index is -0.739. The number of rotatable bonds is 1. The first-order chi connectivity index (χ1) is 5.88. The van der Waals surface area contributed by atoms with Crippen LogP contribution in [0.1, 0.15) is 33.1 Å². The molecule has 0 aromatic rings. The third kappa shape index (κ3) is 0.909. The predicted molar refractivity (Wildman–Crippen MR) is 47.2 cm³/mol. The molecule has 2 rings (SSSR count). The molecule has 0 bridgehead atoms. The second-order valence-electron chi connectivity index (χ2n) is 5.10. The molecule has 0 saturated heterocycles. The lowest BCUT2D eigenvalue weighted by Gasteiger charge is -2.56. The molecule has 2 aliphatic rings. The Bertz CT molecular complexity index is 259. The average Bonchev–Trinajstić information content (AvgIpc) is 2.27. The Hall–Kier alpha value is -0.570. The Morgan fingerprint density at radius 2 is 2.08 bits per heavy atom. The van der Waals surface area contributed by atoms with Gasteiger partial charge in [-0.3, -0.25) is 4.79 Å². The van der Waals surface area contributed by atoms with Crippen LogP contribution in [-0.2, 0) is 4.79 Å². The molecule has 2 fully saturated rings. The number of hydrogen-bond acceptors (Lipinski definition) is 2. The molecular weight excluding hydrogens is 168 g/mol. The molecule has 0 aliphatic heterocycles. The first-order valence-electron chi connectivity index (χ1n) is 4.84. The zero-order valence-corrected chi connectivity index (χ0v) is 8.08. The molecule has 3 heteroatoms. The number of hydrogen-bond donors (Lipinski definition) is 2. The van der Waals surface area contributed by atoms with Gasteiger partial charge in [0.25, 0.3) is 0 Å². The summed E-state index contributed by atoms with van der Waals surface area (Å²) in [5.41, 5.74) is -0.780. The second-order valence-corrected chi connectivity index (χ2v) is 5.10. The third-order valence-electron chi connectivity index (χ3n) is 4.15. The van der Waals surface area contributed by atoms with E-state index >= 15 is 0 Å². The van der Waals surface area contributed by atoms with Crippen LogP contribution in [-0.4, -0.2) is 21.8 Å². The highest BCUT2D eigenvalue weighted by molar-refractivity contribution is 5.71. The highest BCUT2D eigenvalue weighted by Gasteiger charge is 2.66. The van der Waals surface area contributed by atoms with Crippen LogP contribution in [0.4, 0.5) is 0 Å². The maximum atomic E-state index is 10.8. The van der Waals surface area contributed by atoms with Crippen LogP contribution in [0.3, 0.4) is 0 Å². The Balaban J connectivity index is 2.21. The molecule has 2 aliphatic carbocycles. The summed E-state index contributed by atoms with van der Waals surface area (Å²) in [6.45, 7) is 4.04.